The minimum Gasteiger partial charge on any atom is -0.480 e. The second-order valence-electron chi connectivity index (χ2n) is 5.42. The van der Waals surface area contributed by atoms with E-state index in [2.05, 4.69) is 5.32 Å². The third kappa shape index (κ3) is 6.75. The second-order valence-corrected chi connectivity index (χ2v) is 5.42. The average Bonchev–Trinajstić information content (AvgIpc) is 3.22. The second kappa shape index (κ2) is 8.79. The van der Waals surface area contributed by atoms with E-state index in [0.29, 0.717) is 25.5 Å². The Bertz CT molecular complexity index is 318. The zero-order chi connectivity index (χ0) is 15.0. The monoisotopic (exact) mass is 286 g/mol. The van der Waals surface area contributed by atoms with Gasteiger partial charge in [-0.3, -0.25) is 0 Å². The van der Waals surface area contributed by atoms with Crippen LogP contribution in [0.15, 0.2) is 0 Å². The number of carboxylic acids is 1. The Morgan fingerprint density at radius 1 is 1.45 bits per heavy atom. The first kappa shape index (κ1) is 16.8. The Balaban J connectivity index is 2.20. The summed E-state index contributed by atoms with van der Waals surface area (Å²) in [5.41, 5.74) is 0. The Kier molecular flexibility index (Phi) is 7.36. The molecule has 0 radical (unpaired) electrons. The molecule has 0 aromatic carbocycles. The highest BCUT2D eigenvalue weighted by molar-refractivity contribution is 5.82. The van der Waals surface area contributed by atoms with Crippen molar-refractivity contribution in [3.8, 4) is 0 Å². The molecular formula is C14H26N2O4. The average molecular weight is 286 g/mol. The molecule has 0 saturated heterocycles. The summed E-state index contributed by atoms with van der Waals surface area (Å²) in [5, 5.41) is 11.6. The van der Waals surface area contributed by atoms with Crippen molar-refractivity contribution < 1.29 is 19.4 Å². The third-order valence-corrected chi connectivity index (χ3v) is 3.41. The fraction of sp³-hybridized carbons (Fsp3) is 0.857. The van der Waals surface area contributed by atoms with Crippen molar-refractivity contribution in [2.24, 2.45) is 5.92 Å². The van der Waals surface area contributed by atoms with Gasteiger partial charge in [-0.15, -0.1) is 0 Å². The number of rotatable bonds is 10. The highest BCUT2D eigenvalue weighted by Crippen LogP contribution is 2.28. The van der Waals surface area contributed by atoms with E-state index < -0.39 is 12.0 Å². The maximum atomic E-state index is 11.9. The van der Waals surface area contributed by atoms with Gasteiger partial charge in [0.05, 0.1) is 6.61 Å². The molecule has 0 aromatic heterocycles. The largest absolute Gasteiger partial charge is 0.480 e. The van der Waals surface area contributed by atoms with Gasteiger partial charge in [-0.2, -0.15) is 0 Å². The first-order valence-corrected chi connectivity index (χ1v) is 7.36. The van der Waals surface area contributed by atoms with Gasteiger partial charge in [0, 0.05) is 20.2 Å². The van der Waals surface area contributed by atoms with Crippen molar-refractivity contribution in [2.45, 2.75) is 45.1 Å². The maximum Gasteiger partial charge on any atom is 0.326 e. The molecule has 0 heterocycles. The van der Waals surface area contributed by atoms with E-state index in [9.17, 15) is 9.59 Å². The number of unbranched alkanes of at least 4 members (excludes halogenated alkanes) is 1. The Morgan fingerprint density at radius 3 is 2.70 bits per heavy atom. The third-order valence-electron chi connectivity index (χ3n) is 3.41. The number of carbonyl (C=O) groups is 2. The molecule has 0 aromatic rings. The topological polar surface area (TPSA) is 78.9 Å². The molecule has 1 atom stereocenters. The van der Waals surface area contributed by atoms with Crippen LogP contribution in [0.5, 0.6) is 0 Å². The lowest BCUT2D eigenvalue weighted by atomic mass is 10.1. The van der Waals surface area contributed by atoms with Crippen molar-refractivity contribution in [3.63, 3.8) is 0 Å². The molecule has 2 N–H and O–H groups in total. The smallest absolute Gasteiger partial charge is 0.326 e. The van der Waals surface area contributed by atoms with E-state index in [1.54, 1.807) is 7.05 Å². The molecule has 1 aliphatic rings. The normalized spacial score (nSPS) is 15.7. The van der Waals surface area contributed by atoms with Crippen molar-refractivity contribution in [3.05, 3.63) is 0 Å². The zero-order valence-electron chi connectivity index (χ0n) is 12.4. The number of ether oxygens (including phenoxy) is 1. The van der Waals surface area contributed by atoms with Crippen LogP contribution < -0.4 is 5.32 Å². The van der Waals surface area contributed by atoms with E-state index in [1.165, 1.54) is 17.7 Å². The summed E-state index contributed by atoms with van der Waals surface area (Å²) in [6.45, 7) is 3.72. The fourth-order valence-electron chi connectivity index (χ4n) is 1.76. The number of aliphatic carboxylic acids is 1. The summed E-state index contributed by atoms with van der Waals surface area (Å²) < 4.78 is 5.46. The van der Waals surface area contributed by atoms with Crippen LogP contribution in [-0.4, -0.2) is 54.9 Å². The molecule has 0 aliphatic heterocycles. The van der Waals surface area contributed by atoms with Crippen LogP contribution in [0, 0.1) is 5.92 Å². The SMILES string of the molecule is CCCC[C@H](NC(=O)N(C)CCOCC1CC1)C(=O)O. The van der Waals surface area contributed by atoms with Crippen molar-refractivity contribution in [1.29, 1.82) is 0 Å². The number of carbonyl (C=O) groups excluding carboxylic acids is 1. The van der Waals surface area contributed by atoms with Gasteiger partial charge < -0.3 is 20.1 Å². The molecule has 6 heteroatoms. The molecular weight excluding hydrogens is 260 g/mol. The summed E-state index contributed by atoms with van der Waals surface area (Å²) in [7, 11) is 1.65. The van der Waals surface area contributed by atoms with Gasteiger partial charge in [0.1, 0.15) is 6.04 Å². The quantitative estimate of drug-likeness (QED) is 0.599. The lowest BCUT2D eigenvalue weighted by Crippen LogP contribution is -2.47. The number of hydrogen-bond donors (Lipinski definition) is 2. The highest BCUT2D eigenvalue weighted by atomic mass is 16.5. The lowest BCUT2D eigenvalue weighted by Gasteiger charge is -2.21. The molecule has 1 rings (SSSR count). The first-order chi connectivity index (χ1) is 9.54. The summed E-state index contributed by atoms with van der Waals surface area (Å²) in [6, 6.07) is -1.17. The Labute approximate surface area is 120 Å². The molecule has 1 fully saturated rings. The minimum atomic E-state index is -0.981. The zero-order valence-corrected chi connectivity index (χ0v) is 12.4. The van der Waals surface area contributed by atoms with Crippen LogP contribution in [0.1, 0.15) is 39.0 Å². The summed E-state index contributed by atoms with van der Waals surface area (Å²) >= 11 is 0. The maximum absolute atomic E-state index is 11.9. The van der Waals surface area contributed by atoms with E-state index in [-0.39, 0.29) is 6.03 Å². The number of likely N-dealkylation sites (N-methyl/N-ethyl adjacent to an activating group) is 1. The molecule has 0 bridgehead atoms. The molecule has 1 aliphatic carbocycles. The van der Waals surface area contributed by atoms with Crippen LogP contribution in [0.25, 0.3) is 0 Å². The predicted molar refractivity (Wildman–Crippen MR) is 75.7 cm³/mol. The van der Waals surface area contributed by atoms with Gasteiger partial charge in [0.15, 0.2) is 0 Å². The predicted octanol–water partition coefficient (Wildman–Crippen LogP) is 1.70. The standard InChI is InChI=1S/C14H26N2O4/c1-3-4-5-12(13(17)18)15-14(19)16(2)8-9-20-10-11-6-7-11/h11-12H,3-10H2,1-2H3,(H,15,19)(H,17,18)/t12-/m0/s1. The summed E-state index contributed by atoms with van der Waals surface area (Å²) in [4.78, 5) is 24.4. The molecule has 6 nitrogen and oxygen atoms in total. The highest BCUT2D eigenvalue weighted by Gasteiger charge is 2.22. The number of nitrogens with one attached hydrogen (secondary N) is 1. The minimum absolute atomic E-state index is 0.358. The number of urea groups is 1. The van der Waals surface area contributed by atoms with Gasteiger partial charge in [-0.25, -0.2) is 9.59 Å². The molecule has 2 amide bonds. The summed E-state index contributed by atoms with van der Waals surface area (Å²) in [6.07, 6.45) is 4.64. The van der Waals surface area contributed by atoms with Crippen LogP contribution in [0.2, 0.25) is 0 Å². The van der Waals surface area contributed by atoms with Gasteiger partial charge in [0.25, 0.3) is 0 Å². The van der Waals surface area contributed by atoms with E-state index in [0.717, 1.165) is 19.4 Å². The Hall–Kier alpha value is -1.30. The van der Waals surface area contributed by atoms with Crippen molar-refractivity contribution in [1.82, 2.24) is 10.2 Å². The molecule has 116 valence electrons. The Morgan fingerprint density at radius 2 is 2.15 bits per heavy atom. The van der Waals surface area contributed by atoms with Crippen molar-refractivity contribution in [2.75, 3.05) is 26.8 Å². The van der Waals surface area contributed by atoms with Crippen LogP contribution in [0.4, 0.5) is 4.79 Å². The first-order valence-electron chi connectivity index (χ1n) is 7.36. The van der Waals surface area contributed by atoms with E-state index >= 15 is 0 Å². The van der Waals surface area contributed by atoms with Gasteiger partial charge >= 0.3 is 12.0 Å². The number of hydrogen-bond acceptors (Lipinski definition) is 3. The number of nitrogens with zero attached hydrogens (tertiary/aromatic N) is 1. The number of carboxylic acid groups (broad SMARTS) is 1. The molecule has 0 unspecified atom stereocenters. The van der Waals surface area contributed by atoms with Crippen LogP contribution >= 0.6 is 0 Å². The van der Waals surface area contributed by atoms with Gasteiger partial charge in [-0.05, 0) is 25.2 Å². The summed E-state index contributed by atoms with van der Waals surface area (Å²) in [5.74, 6) is -0.273. The lowest BCUT2D eigenvalue weighted by molar-refractivity contribution is -0.139. The van der Waals surface area contributed by atoms with E-state index in [4.69, 9.17) is 9.84 Å². The number of amides is 2. The van der Waals surface area contributed by atoms with E-state index in [1.807, 2.05) is 6.92 Å². The van der Waals surface area contributed by atoms with Crippen LogP contribution in [-0.2, 0) is 9.53 Å². The molecule has 1 saturated carbocycles. The molecule has 20 heavy (non-hydrogen) atoms. The van der Waals surface area contributed by atoms with Gasteiger partial charge in [-0.1, -0.05) is 19.8 Å². The van der Waals surface area contributed by atoms with Crippen LogP contribution in [0.3, 0.4) is 0 Å². The fourth-order valence-corrected chi connectivity index (χ4v) is 1.76. The molecule has 0 spiro atoms. The van der Waals surface area contributed by atoms with Crippen molar-refractivity contribution >= 4 is 12.0 Å². The van der Waals surface area contributed by atoms with Gasteiger partial charge in [0.2, 0.25) is 0 Å².